The lowest BCUT2D eigenvalue weighted by molar-refractivity contribution is -0.136. The number of nitrogens with zero attached hydrogens (tertiary/aromatic N) is 4. The second-order valence-corrected chi connectivity index (χ2v) is 10.1. The number of oxazole rings is 1. The molecular weight excluding hydrogens is 549 g/mol. The number of aliphatic imine (C=N–C) groups is 1. The largest absolute Gasteiger partial charge is 0.466 e. The number of esters is 2. The van der Waals surface area contributed by atoms with Crippen molar-refractivity contribution in [2.24, 2.45) is 10.9 Å². The molecular formula is C26H25ClFN5O5S. The number of carbonyl (C=O) groups is 2. The second-order valence-electron chi connectivity index (χ2n) is 8.82. The number of carbonyl (C=O) groups excluding carboxylic acids is 2. The maximum absolute atomic E-state index is 13.9. The summed E-state index contributed by atoms with van der Waals surface area (Å²) in [5.74, 6) is -1.18. The molecule has 10 nitrogen and oxygen atoms in total. The number of aromatic nitrogens is 2. The Bertz CT molecular complexity index is 1430. The highest BCUT2D eigenvalue weighted by Gasteiger charge is 2.38. The van der Waals surface area contributed by atoms with Crippen molar-refractivity contribution in [3.05, 3.63) is 74.4 Å². The van der Waals surface area contributed by atoms with Gasteiger partial charge in [0.1, 0.15) is 18.1 Å². The first-order valence-corrected chi connectivity index (χ1v) is 13.5. The average molecular weight is 574 g/mol. The van der Waals surface area contributed by atoms with Crippen LogP contribution in [0.3, 0.4) is 0 Å². The first-order chi connectivity index (χ1) is 18.9. The highest BCUT2D eigenvalue weighted by atomic mass is 35.5. The van der Waals surface area contributed by atoms with Gasteiger partial charge in [-0.15, -0.1) is 11.3 Å². The second kappa shape index (κ2) is 11.5. The number of thiazole rings is 1. The molecule has 4 heterocycles. The highest BCUT2D eigenvalue weighted by molar-refractivity contribution is 7.11. The van der Waals surface area contributed by atoms with Crippen LogP contribution in [0, 0.1) is 11.7 Å². The number of nitrogens with one attached hydrogen (secondary N) is 1. The zero-order chi connectivity index (χ0) is 27.5. The van der Waals surface area contributed by atoms with Crippen molar-refractivity contribution in [3.63, 3.8) is 0 Å². The maximum Gasteiger partial charge on any atom is 0.360 e. The number of methoxy groups -OCH3 is 1. The predicted octanol–water partition coefficient (Wildman–Crippen LogP) is 4.54. The molecule has 13 heteroatoms. The quantitative estimate of drug-likeness (QED) is 0.406. The van der Waals surface area contributed by atoms with Gasteiger partial charge in [0.2, 0.25) is 0 Å². The van der Waals surface area contributed by atoms with E-state index in [9.17, 15) is 14.0 Å². The van der Waals surface area contributed by atoms with Crippen molar-refractivity contribution >= 4 is 46.7 Å². The third-order valence-corrected chi connectivity index (χ3v) is 7.63. The van der Waals surface area contributed by atoms with Crippen LogP contribution in [-0.2, 0) is 14.3 Å². The molecule has 1 fully saturated rings. The minimum absolute atomic E-state index is 0.0815. The van der Waals surface area contributed by atoms with Crippen LogP contribution in [0.1, 0.15) is 46.9 Å². The number of ether oxygens (including phenoxy) is 2. The first-order valence-electron chi connectivity index (χ1n) is 12.3. The lowest BCUT2D eigenvalue weighted by Crippen LogP contribution is -2.41. The van der Waals surface area contributed by atoms with Crippen molar-refractivity contribution in [3.8, 4) is 0 Å². The minimum Gasteiger partial charge on any atom is -0.466 e. The molecule has 2 aliphatic heterocycles. The summed E-state index contributed by atoms with van der Waals surface area (Å²) in [6, 6.07) is 3.53. The van der Waals surface area contributed by atoms with E-state index in [4.69, 9.17) is 30.5 Å². The van der Waals surface area contributed by atoms with Crippen molar-refractivity contribution in [2.45, 2.75) is 25.8 Å². The SMILES string of the molecule is CCOC(=O)c1coc(N2CCC(C3=C(C(=O)OC)C(c4ccc(F)cc4Cl)N=C(c4nccs4)N3)CC2)n1. The van der Waals surface area contributed by atoms with Gasteiger partial charge in [-0.05, 0) is 31.9 Å². The van der Waals surface area contributed by atoms with E-state index < -0.39 is 23.8 Å². The van der Waals surface area contributed by atoms with Gasteiger partial charge in [-0.25, -0.2) is 19.0 Å². The Morgan fingerprint density at radius 1 is 1.28 bits per heavy atom. The molecule has 2 aromatic heterocycles. The molecule has 1 aromatic carbocycles. The molecule has 0 aliphatic carbocycles. The number of hydrogen-bond donors (Lipinski definition) is 1. The van der Waals surface area contributed by atoms with Gasteiger partial charge in [0.05, 0.1) is 19.3 Å². The monoisotopic (exact) mass is 573 g/mol. The summed E-state index contributed by atoms with van der Waals surface area (Å²) in [5, 5.41) is 5.98. The third kappa shape index (κ3) is 5.52. The Kier molecular flexibility index (Phi) is 7.94. The van der Waals surface area contributed by atoms with Crippen LogP contribution in [0.15, 0.2) is 56.7 Å². The molecule has 39 heavy (non-hydrogen) atoms. The van der Waals surface area contributed by atoms with Gasteiger partial charge in [0.15, 0.2) is 16.5 Å². The molecule has 1 unspecified atom stereocenters. The Morgan fingerprint density at radius 2 is 2.08 bits per heavy atom. The molecule has 1 N–H and O–H groups in total. The number of benzene rings is 1. The van der Waals surface area contributed by atoms with Gasteiger partial charge < -0.3 is 24.1 Å². The molecule has 204 valence electrons. The number of hydrogen-bond acceptors (Lipinski definition) is 11. The Hall–Kier alpha value is -3.77. The van der Waals surface area contributed by atoms with E-state index in [1.165, 1.54) is 42.9 Å². The lowest BCUT2D eigenvalue weighted by atomic mass is 9.86. The fourth-order valence-electron chi connectivity index (χ4n) is 4.69. The van der Waals surface area contributed by atoms with Gasteiger partial charge in [0, 0.05) is 46.9 Å². The van der Waals surface area contributed by atoms with E-state index in [0.717, 1.165) is 0 Å². The number of anilines is 1. The molecule has 0 saturated carbocycles. The van der Waals surface area contributed by atoms with E-state index >= 15 is 0 Å². The molecule has 0 amide bonds. The topological polar surface area (TPSA) is 119 Å². The molecule has 0 spiro atoms. The molecule has 0 bridgehead atoms. The standard InChI is InChI=1S/C26H25ClFN5O5S/c1-3-37-24(34)18-13-38-26(30-18)33-9-6-14(7-10-33)20-19(25(35)36-2)21(16-5-4-15(28)12-17(16)27)32-22(31-20)23-29-8-11-39-23/h4-5,8,11-14,21H,3,6-7,9-10H2,1-2H3,(H,31,32). The van der Waals surface area contributed by atoms with Crippen LogP contribution in [0.5, 0.6) is 0 Å². The summed E-state index contributed by atoms with van der Waals surface area (Å²) in [4.78, 5) is 40.5. The van der Waals surface area contributed by atoms with Crippen molar-refractivity contribution < 1.29 is 27.9 Å². The normalized spacial score (nSPS) is 18.0. The maximum atomic E-state index is 13.9. The predicted molar refractivity (Wildman–Crippen MR) is 142 cm³/mol. The highest BCUT2D eigenvalue weighted by Crippen LogP contribution is 2.40. The van der Waals surface area contributed by atoms with Crippen LogP contribution in [0.2, 0.25) is 5.02 Å². The summed E-state index contributed by atoms with van der Waals surface area (Å²) in [6.07, 6.45) is 4.22. The van der Waals surface area contributed by atoms with Gasteiger partial charge in [-0.3, -0.25) is 4.99 Å². The third-order valence-electron chi connectivity index (χ3n) is 6.52. The van der Waals surface area contributed by atoms with Gasteiger partial charge in [-0.1, -0.05) is 17.7 Å². The number of piperidine rings is 1. The van der Waals surface area contributed by atoms with Gasteiger partial charge in [0.25, 0.3) is 6.01 Å². The van der Waals surface area contributed by atoms with Crippen LogP contribution >= 0.6 is 22.9 Å². The van der Waals surface area contributed by atoms with Gasteiger partial charge >= 0.3 is 11.9 Å². The van der Waals surface area contributed by atoms with E-state index in [1.807, 2.05) is 10.3 Å². The van der Waals surface area contributed by atoms with Crippen LogP contribution in [0.25, 0.3) is 0 Å². The first kappa shape index (κ1) is 26.8. The summed E-state index contributed by atoms with van der Waals surface area (Å²) in [7, 11) is 1.31. The van der Waals surface area contributed by atoms with Crippen molar-refractivity contribution in [1.29, 1.82) is 0 Å². The molecule has 3 aromatic rings. The zero-order valence-electron chi connectivity index (χ0n) is 21.1. The average Bonchev–Trinajstić information content (AvgIpc) is 3.66. The summed E-state index contributed by atoms with van der Waals surface area (Å²) in [6.45, 7) is 3.07. The molecule has 1 atom stereocenters. The Balaban J connectivity index is 1.46. The zero-order valence-corrected chi connectivity index (χ0v) is 22.7. The summed E-state index contributed by atoms with van der Waals surface area (Å²) in [5.41, 5.74) is 1.56. The van der Waals surface area contributed by atoms with E-state index in [-0.39, 0.29) is 23.2 Å². The smallest absolute Gasteiger partial charge is 0.360 e. The minimum atomic E-state index is -0.822. The number of amidine groups is 1. The number of rotatable bonds is 7. The van der Waals surface area contributed by atoms with E-state index in [2.05, 4.69) is 15.3 Å². The lowest BCUT2D eigenvalue weighted by Gasteiger charge is -2.36. The molecule has 0 radical (unpaired) electrons. The fourth-order valence-corrected chi connectivity index (χ4v) is 5.55. The number of allylic oxidation sites excluding steroid dienone is 1. The summed E-state index contributed by atoms with van der Waals surface area (Å²) >= 11 is 7.84. The Labute approximate surface area is 232 Å². The summed E-state index contributed by atoms with van der Waals surface area (Å²) < 4.78 is 29.6. The van der Waals surface area contributed by atoms with E-state index in [1.54, 1.807) is 13.1 Å². The van der Waals surface area contributed by atoms with Crippen molar-refractivity contribution in [2.75, 3.05) is 31.7 Å². The molecule has 1 saturated heterocycles. The molecule has 5 rings (SSSR count). The van der Waals surface area contributed by atoms with Crippen LogP contribution in [0.4, 0.5) is 10.4 Å². The fraction of sp³-hybridized carbons (Fsp3) is 0.346. The Morgan fingerprint density at radius 3 is 2.74 bits per heavy atom. The van der Waals surface area contributed by atoms with E-state index in [0.29, 0.717) is 59.6 Å². The molecule has 2 aliphatic rings. The van der Waals surface area contributed by atoms with Crippen LogP contribution in [-0.4, -0.2) is 54.5 Å². The number of halogens is 2. The van der Waals surface area contributed by atoms with Crippen molar-refractivity contribution in [1.82, 2.24) is 15.3 Å². The van der Waals surface area contributed by atoms with Crippen LogP contribution < -0.4 is 10.2 Å². The van der Waals surface area contributed by atoms with Gasteiger partial charge in [-0.2, -0.15) is 4.98 Å².